The van der Waals surface area contributed by atoms with E-state index in [2.05, 4.69) is 15.4 Å². The van der Waals surface area contributed by atoms with Crippen molar-refractivity contribution in [1.29, 1.82) is 0 Å². The Kier molecular flexibility index (Phi) is 1.38. The van der Waals surface area contributed by atoms with Gasteiger partial charge in [-0.15, -0.1) is 0 Å². The van der Waals surface area contributed by atoms with Crippen molar-refractivity contribution < 1.29 is 0 Å². The van der Waals surface area contributed by atoms with E-state index in [1.165, 1.54) is 0 Å². The number of hydrazine groups is 1. The maximum atomic E-state index is 10.8. The molecule has 0 fully saturated rings. The summed E-state index contributed by atoms with van der Waals surface area (Å²) in [6.45, 7) is 0. The van der Waals surface area contributed by atoms with Crippen LogP contribution in [0.2, 0.25) is 0 Å². The van der Waals surface area contributed by atoms with Gasteiger partial charge < -0.3 is 15.4 Å². The van der Waals surface area contributed by atoms with Crippen LogP contribution in [0.25, 0.3) is 11.0 Å². The summed E-state index contributed by atoms with van der Waals surface area (Å²) in [7, 11) is 0. The van der Waals surface area contributed by atoms with Crippen LogP contribution in [0.5, 0.6) is 0 Å². The molecule has 0 aliphatic rings. The highest BCUT2D eigenvalue weighted by Crippen LogP contribution is 2.12. The highest BCUT2D eigenvalue weighted by Gasteiger charge is 1.97. The first-order valence-corrected chi connectivity index (χ1v) is 3.48. The maximum Gasteiger partial charge on any atom is 0.323 e. The molecule has 0 atom stereocenters. The molecule has 1 aromatic heterocycles. The molecule has 5 heteroatoms. The normalized spacial score (nSPS) is 10.4. The van der Waals surface area contributed by atoms with E-state index in [0.29, 0.717) is 0 Å². The van der Waals surface area contributed by atoms with Crippen molar-refractivity contribution in [1.82, 2.24) is 9.97 Å². The fourth-order valence-electron chi connectivity index (χ4n) is 1.12. The van der Waals surface area contributed by atoms with E-state index < -0.39 is 0 Å². The summed E-state index contributed by atoms with van der Waals surface area (Å²) < 4.78 is 0. The van der Waals surface area contributed by atoms with Crippen LogP contribution in [-0.4, -0.2) is 9.97 Å². The fourth-order valence-corrected chi connectivity index (χ4v) is 1.12. The number of fused-ring (bicyclic) bond motifs is 1. The molecule has 0 bridgehead atoms. The van der Waals surface area contributed by atoms with E-state index in [1.807, 2.05) is 0 Å². The van der Waals surface area contributed by atoms with Crippen LogP contribution < -0.4 is 17.0 Å². The third-order valence-corrected chi connectivity index (χ3v) is 1.68. The molecule has 62 valence electrons. The molecule has 1 aromatic carbocycles. The lowest BCUT2D eigenvalue weighted by molar-refractivity contribution is 1.21. The van der Waals surface area contributed by atoms with Crippen molar-refractivity contribution in [2.24, 2.45) is 5.84 Å². The summed E-state index contributed by atoms with van der Waals surface area (Å²) in [6.07, 6.45) is 0. The van der Waals surface area contributed by atoms with Gasteiger partial charge in [0.05, 0.1) is 16.7 Å². The summed E-state index contributed by atoms with van der Waals surface area (Å²) in [6, 6.07) is 5.32. The number of hydrogen-bond donors (Lipinski definition) is 4. The number of nitrogen functional groups attached to an aromatic ring is 1. The molecule has 2 aromatic rings. The molecule has 0 aliphatic carbocycles. The number of anilines is 1. The van der Waals surface area contributed by atoms with Crippen LogP contribution in [0.4, 0.5) is 5.69 Å². The molecule has 0 spiro atoms. The number of nitrogens with two attached hydrogens (primary N) is 1. The minimum Gasteiger partial charge on any atom is -0.324 e. The monoisotopic (exact) mass is 164 g/mol. The van der Waals surface area contributed by atoms with E-state index in [1.54, 1.807) is 18.2 Å². The third kappa shape index (κ3) is 0.960. The number of nitrogens with one attached hydrogen (secondary N) is 3. The quantitative estimate of drug-likeness (QED) is 0.357. The van der Waals surface area contributed by atoms with Crippen molar-refractivity contribution in [2.75, 3.05) is 5.43 Å². The average molecular weight is 164 g/mol. The minimum absolute atomic E-state index is 0.209. The molecule has 0 unspecified atom stereocenters. The van der Waals surface area contributed by atoms with Gasteiger partial charge in [0.15, 0.2) is 0 Å². The molecule has 0 amide bonds. The molecule has 0 aliphatic heterocycles. The number of aromatic amines is 2. The van der Waals surface area contributed by atoms with Gasteiger partial charge in [-0.2, -0.15) is 0 Å². The molecule has 5 N–H and O–H groups in total. The smallest absolute Gasteiger partial charge is 0.323 e. The zero-order valence-corrected chi connectivity index (χ0v) is 6.22. The number of rotatable bonds is 1. The lowest BCUT2D eigenvalue weighted by atomic mass is 10.3. The second kappa shape index (κ2) is 2.38. The zero-order valence-electron chi connectivity index (χ0n) is 6.22. The number of hydrogen-bond acceptors (Lipinski definition) is 3. The van der Waals surface area contributed by atoms with E-state index in [9.17, 15) is 4.79 Å². The second-order valence-corrected chi connectivity index (χ2v) is 2.48. The van der Waals surface area contributed by atoms with E-state index in [-0.39, 0.29) is 5.69 Å². The first-order valence-electron chi connectivity index (χ1n) is 3.48. The van der Waals surface area contributed by atoms with Gasteiger partial charge in [-0.05, 0) is 18.2 Å². The van der Waals surface area contributed by atoms with Crippen LogP contribution in [0.1, 0.15) is 0 Å². The number of H-pyrrole nitrogens is 2. The fraction of sp³-hybridized carbons (Fsp3) is 0. The van der Waals surface area contributed by atoms with Crippen LogP contribution in [-0.2, 0) is 0 Å². The largest absolute Gasteiger partial charge is 0.324 e. The van der Waals surface area contributed by atoms with Crippen molar-refractivity contribution in [2.45, 2.75) is 0 Å². The zero-order chi connectivity index (χ0) is 8.55. The molecule has 5 nitrogen and oxygen atoms in total. The van der Waals surface area contributed by atoms with Crippen LogP contribution in [0.15, 0.2) is 23.0 Å². The van der Waals surface area contributed by atoms with Gasteiger partial charge >= 0.3 is 5.69 Å². The predicted molar refractivity (Wildman–Crippen MR) is 46.7 cm³/mol. The summed E-state index contributed by atoms with van der Waals surface area (Å²) in [5.74, 6) is 5.20. The standard InChI is InChI=1S/C7H8N4O/c8-11-4-1-2-5-6(3-4)10-7(12)9-5/h1-3,11H,8H2,(H2,9,10,12). The summed E-state index contributed by atoms with van der Waals surface area (Å²) in [5, 5.41) is 0. The molecule has 0 saturated carbocycles. The second-order valence-electron chi connectivity index (χ2n) is 2.48. The topological polar surface area (TPSA) is 86.7 Å². The maximum absolute atomic E-state index is 10.8. The Morgan fingerprint density at radius 2 is 2.00 bits per heavy atom. The lowest BCUT2D eigenvalue weighted by Crippen LogP contribution is -2.06. The Labute approximate surface area is 67.6 Å². The minimum atomic E-state index is -0.209. The van der Waals surface area contributed by atoms with E-state index in [4.69, 9.17) is 5.84 Å². The molecule has 0 saturated heterocycles. The van der Waals surface area contributed by atoms with Crippen molar-refractivity contribution in [3.63, 3.8) is 0 Å². The van der Waals surface area contributed by atoms with Crippen LogP contribution in [0.3, 0.4) is 0 Å². The molecule has 0 radical (unpaired) electrons. The van der Waals surface area contributed by atoms with Gasteiger partial charge in [0.1, 0.15) is 0 Å². The van der Waals surface area contributed by atoms with E-state index in [0.717, 1.165) is 16.7 Å². The highest BCUT2D eigenvalue weighted by molar-refractivity contribution is 5.78. The van der Waals surface area contributed by atoms with Gasteiger partial charge in [-0.3, -0.25) is 5.84 Å². The molecule has 1 heterocycles. The van der Waals surface area contributed by atoms with Gasteiger partial charge in [0, 0.05) is 0 Å². The summed E-state index contributed by atoms with van der Waals surface area (Å²) >= 11 is 0. The number of aromatic nitrogens is 2. The molecular weight excluding hydrogens is 156 g/mol. The van der Waals surface area contributed by atoms with Gasteiger partial charge in [-0.25, -0.2) is 4.79 Å². The molecule has 2 rings (SSSR count). The molecular formula is C7H8N4O. The van der Waals surface area contributed by atoms with Crippen LogP contribution >= 0.6 is 0 Å². The Bertz CT molecular complexity index is 456. The third-order valence-electron chi connectivity index (χ3n) is 1.68. The Balaban J connectivity index is 2.74. The van der Waals surface area contributed by atoms with Gasteiger partial charge in [0.25, 0.3) is 0 Å². The van der Waals surface area contributed by atoms with Gasteiger partial charge in [-0.1, -0.05) is 0 Å². The average Bonchev–Trinajstić information content (AvgIpc) is 2.43. The summed E-state index contributed by atoms with van der Waals surface area (Å²) in [5.41, 5.74) is 4.57. The predicted octanol–water partition coefficient (Wildman–Crippen LogP) is 0.142. The van der Waals surface area contributed by atoms with E-state index >= 15 is 0 Å². The van der Waals surface area contributed by atoms with Crippen molar-refractivity contribution >= 4 is 16.7 Å². The van der Waals surface area contributed by atoms with Crippen molar-refractivity contribution in [3.8, 4) is 0 Å². The van der Waals surface area contributed by atoms with Crippen molar-refractivity contribution in [3.05, 3.63) is 28.7 Å². The summed E-state index contributed by atoms with van der Waals surface area (Å²) in [4.78, 5) is 16.1. The SMILES string of the molecule is NNc1ccc2[nH]c(=O)[nH]c2c1. The van der Waals surface area contributed by atoms with Crippen LogP contribution in [0, 0.1) is 0 Å². The lowest BCUT2D eigenvalue weighted by Gasteiger charge is -1.97. The first kappa shape index (κ1) is 6.93. The Morgan fingerprint density at radius 1 is 1.25 bits per heavy atom. The Morgan fingerprint density at radius 3 is 2.75 bits per heavy atom. The Hall–Kier alpha value is -1.75. The van der Waals surface area contributed by atoms with Gasteiger partial charge in [0.2, 0.25) is 0 Å². The highest BCUT2D eigenvalue weighted by atomic mass is 16.1. The number of imidazole rings is 1. The molecule has 12 heavy (non-hydrogen) atoms. The number of benzene rings is 1. The first-order chi connectivity index (χ1) is 5.79.